The Morgan fingerprint density at radius 1 is 1.44 bits per heavy atom. The molecule has 4 heteroatoms. The van der Waals surface area contributed by atoms with Crippen LogP contribution in [0.4, 0.5) is 0 Å². The summed E-state index contributed by atoms with van der Waals surface area (Å²) in [6.45, 7) is 2.55. The van der Waals surface area contributed by atoms with E-state index in [0.717, 1.165) is 24.0 Å². The van der Waals surface area contributed by atoms with Crippen LogP contribution >= 0.6 is 0 Å². The number of ether oxygens (including phenoxy) is 1. The molecule has 0 amide bonds. The highest BCUT2D eigenvalue weighted by Crippen LogP contribution is 2.35. The van der Waals surface area contributed by atoms with Crippen molar-refractivity contribution in [3.63, 3.8) is 0 Å². The summed E-state index contributed by atoms with van der Waals surface area (Å²) in [7, 11) is 1.60. The van der Waals surface area contributed by atoms with Crippen LogP contribution in [0.1, 0.15) is 30.1 Å². The van der Waals surface area contributed by atoms with Crippen molar-refractivity contribution >= 4 is 0 Å². The summed E-state index contributed by atoms with van der Waals surface area (Å²) in [4.78, 5) is 0. The van der Waals surface area contributed by atoms with Gasteiger partial charge in [0.15, 0.2) is 0 Å². The summed E-state index contributed by atoms with van der Waals surface area (Å²) in [5.74, 6) is 0.698. The zero-order chi connectivity index (χ0) is 13.2. The van der Waals surface area contributed by atoms with Crippen LogP contribution in [0.2, 0.25) is 0 Å². The molecule has 3 N–H and O–H groups in total. The Balaban J connectivity index is 2.03. The minimum atomic E-state index is -0.621. The second kappa shape index (κ2) is 5.26. The van der Waals surface area contributed by atoms with Gasteiger partial charge >= 0.3 is 0 Å². The van der Waals surface area contributed by atoms with Gasteiger partial charge in [-0.1, -0.05) is 11.6 Å². The van der Waals surface area contributed by atoms with Crippen molar-refractivity contribution in [3.8, 4) is 5.75 Å². The van der Waals surface area contributed by atoms with Gasteiger partial charge in [0.25, 0.3) is 0 Å². The van der Waals surface area contributed by atoms with E-state index in [1.807, 2.05) is 25.1 Å². The third-order valence-corrected chi connectivity index (χ3v) is 3.57. The Bertz CT molecular complexity index is 416. The molecule has 0 aliphatic heterocycles. The van der Waals surface area contributed by atoms with Crippen molar-refractivity contribution in [1.82, 2.24) is 5.32 Å². The highest BCUT2D eigenvalue weighted by molar-refractivity contribution is 5.38. The molecule has 1 aromatic rings. The Kier molecular flexibility index (Phi) is 3.90. The maximum Gasteiger partial charge on any atom is 0.124 e. The molecular weight excluding hydrogens is 230 g/mol. The topological polar surface area (TPSA) is 61.7 Å². The molecular formula is C14H21NO3. The van der Waals surface area contributed by atoms with E-state index in [0.29, 0.717) is 12.3 Å². The molecule has 1 aliphatic rings. The predicted octanol–water partition coefficient (Wildman–Crippen LogP) is 1.15. The summed E-state index contributed by atoms with van der Waals surface area (Å²) in [5, 5.41) is 22.7. The number of β-amino-alcohol motifs (C(OH)–C–C–N with tert-alkyl or cyclic N) is 1. The Morgan fingerprint density at radius 3 is 2.72 bits per heavy atom. The first kappa shape index (κ1) is 13.3. The summed E-state index contributed by atoms with van der Waals surface area (Å²) in [5.41, 5.74) is 1.73. The highest BCUT2D eigenvalue weighted by Gasteiger charge is 2.41. The molecule has 100 valence electrons. The monoisotopic (exact) mass is 251 g/mol. The van der Waals surface area contributed by atoms with Crippen LogP contribution in [0.15, 0.2) is 18.2 Å². The first-order valence-corrected chi connectivity index (χ1v) is 6.29. The summed E-state index contributed by atoms with van der Waals surface area (Å²) in [6, 6.07) is 5.76. The van der Waals surface area contributed by atoms with Crippen LogP contribution in [0.25, 0.3) is 0 Å². The number of nitrogens with one attached hydrogen (secondary N) is 1. The average Bonchev–Trinajstić information content (AvgIpc) is 3.16. The molecule has 4 nitrogen and oxygen atoms in total. The molecule has 0 heterocycles. The molecule has 1 fully saturated rings. The molecule has 2 rings (SSSR count). The van der Waals surface area contributed by atoms with Crippen LogP contribution in [-0.4, -0.2) is 36.0 Å². The van der Waals surface area contributed by atoms with Crippen LogP contribution in [0.3, 0.4) is 0 Å². The van der Waals surface area contributed by atoms with Crippen molar-refractivity contribution in [1.29, 1.82) is 0 Å². The number of methoxy groups -OCH3 is 1. The lowest BCUT2D eigenvalue weighted by molar-refractivity contribution is 0.151. The number of benzene rings is 1. The lowest BCUT2D eigenvalue weighted by atomic mass is 10.0. The zero-order valence-electron chi connectivity index (χ0n) is 10.9. The van der Waals surface area contributed by atoms with Gasteiger partial charge < -0.3 is 20.3 Å². The van der Waals surface area contributed by atoms with E-state index in [2.05, 4.69) is 5.32 Å². The standard InChI is InChI=1S/C14H21NO3/c1-10-3-4-13(18-2)11(7-10)12(17)8-15-14(9-16)5-6-14/h3-4,7,12,15-17H,5-6,8-9H2,1-2H3. The first-order valence-electron chi connectivity index (χ1n) is 6.29. The van der Waals surface area contributed by atoms with Crippen LogP contribution in [-0.2, 0) is 0 Å². The molecule has 1 unspecified atom stereocenters. The quantitative estimate of drug-likeness (QED) is 0.710. The van der Waals surface area contributed by atoms with E-state index < -0.39 is 6.10 Å². The molecule has 0 aromatic heterocycles. The normalized spacial score (nSPS) is 18.4. The number of rotatable bonds is 6. The van der Waals surface area contributed by atoms with E-state index in [1.54, 1.807) is 7.11 Å². The van der Waals surface area contributed by atoms with Gasteiger partial charge in [0.1, 0.15) is 5.75 Å². The fourth-order valence-electron chi connectivity index (χ4n) is 2.08. The largest absolute Gasteiger partial charge is 0.496 e. The van der Waals surface area contributed by atoms with Gasteiger partial charge in [0.05, 0.1) is 19.8 Å². The molecule has 1 aliphatic carbocycles. The number of aliphatic hydroxyl groups is 2. The lowest BCUT2D eigenvalue weighted by Gasteiger charge is -2.20. The molecule has 1 aromatic carbocycles. The molecule has 1 saturated carbocycles. The number of aryl methyl sites for hydroxylation is 1. The molecule has 0 saturated heterocycles. The van der Waals surface area contributed by atoms with Gasteiger partial charge in [-0.3, -0.25) is 0 Å². The van der Waals surface area contributed by atoms with E-state index in [1.165, 1.54) is 0 Å². The number of aliphatic hydroxyl groups excluding tert-OH is 2. The van der Waals surface area contributed by atoms with Crippen LogP contribution in [0, 0.1) is 6.92 Å². The van der Waals surface area contributed by atoms with E-state index in [4.69, 9.17) is 4.74 Å². The summed E-state index contributed by atoms with van der Waals surface area (Å²) < 4.78 is 5.26. The SMILES string of the molecule is COc1ccc(C)cc1C(O)CNC1(CO)CC1. The van der Waals surface area contributed by atoms with Gasteiger partial charge in [-0.15, -0.1) is 0 Å². The summed E-state index contributed by atoms with van der Waals surface area (Å²) in [6.07, 6.45) is 1.33. The van der Waals surface area contributed by atoms with Crippen molar-refractivity contribution < 1.29 is 14.9 Å². The number of hydrogen-bond donors (Lipinski definition) is 3. The molecule has 0 spiro atoms. The number of hydrogen-bond acceptors (Lipinski definition) is 4. The van der Waals surface area contributed by atoms with E-state index in [9.17, 15) is 10.2 Å². The maximum atomic E-state index is 10.2. The van der Waals surface area contributed by atoms with Gasteiger partial charge in [-0.2, -0.15) is 0 Å². The third kappa shape index (κ3) is 2.83. The minimum absolute atomic E-state index is 0.130. The Hall–Kier alpha value is -1.10. The van der Waals surface area contributed by atoms with Gasteiger partial charge in [0.2, 0.25) is 0 Å². The van der Waals surface area contributed by atoms with Crippen molar-refractivity contribution in [2.24, 2.45) is 0 Å². The Labute approximate surface area is 108 Å². The molecule has 0 radical (unpaired) electrons. The zero-order valence-corrected chi connectivity index (χ0v) is 10.9. The van der Waals surface area contributed by atoms with Crippen LogP contribution < -0.4 is 10.1 Å². The lowest BCUT2D eigenvalue weighted by Crippen LogP contribution is -2.37. The van der Waals surface area contributed by atoms with Crippen molar-refractivity contribution in [2.45, 2.75) is 31.4 Å². The minimum Gasteiger partial charge on any atom is -0.496 e. The third-order valence-electron chi connectivity index (χ3n) is 3.57. The maximum absolute atomic E-state index is 10.2. The predicted molar refractivity (Wildman–Crippen MR) is 69.7 cm³/mol. The second-order valence-corrected chi connectivity index (χ2v) is 5.08. The fourth-order valence-corrected chi connectivity index (χ4v) is 2.08. The molecule has 0 bridgehead atoms. The van der Waals surface area contributed by atoms with Gasteiger partial charge in [-0.05, 0) is 31.9 Å². The second-order valence-electron chi connectivity index (χ2n) is 5.08. The molecule has 18 heavy (non-hydrogen) atoms. The van der Waals surface area contributed by atoms with E-state index >= 15 is 0 Å². The highest BCUT2D eigenvalue weighted by atomic mass is 16.5. The van der Waals surface area contributed by atoms with Gasteiger partial charge in [-0.25, -0.2) is 0 Å². The fraction of sp³-hybridized carbons (Fsp3) is 0.571. The Morgan fingerprint density at radius 2 is 2.17 bits per heavy atom. The van der Waals surface area contributed by atoms with E-state index in [-0.39, 0.29) is 12.1 Å². The average molecular weight is 251 g/mol. The summed E-state index contributed by atoms with van der Waals surface area (Å²) >= 11 is 0. The smallest absolute Gasteiger partial charge is 0.124 e. The first-order chi connectivity index (χ1) is 8.60. The van der Waals surface area contributed by atoms with Crippen molar-refractivity contribution in [3.05, 3.63) is 29.3 Å². The van der Waals surface area contributed by atoms with Crippen molar-refractivity contribution in [2.75, 3.05) is 20.3 Å². The van der Waals surface area contributed by atoms with Crippen LogP contribution in [0.5, 0.6) is 5.75 Å². The molecule has 1 atom stereocenters. The van der Waals surface area contributed by atoms with Gasteiger partial charge in [0, 0.05) is 17.6 Å².